The summed E-state index contributed by atoms with van der Waals surface area (Å²) < 4.78 is 5.85. The summed E-state index contributed by atoms with van der Waals surface area (Å²) in [5, 5.41) is 0.933. The normalized spacial score (nSPS) is 28.2. The van der Waals surface area contributed by atoms with Crippen molar-refractivity contribution in [3.05, 3.63) is 29.8 Å². The molecule has 2 nitrogen and oxygen atoms in total. The Bertz CT molecular complexity index is 378. The highest BCUT2D eigenvalue weighted by molar-refractivity contribution is 9.08. The first kappa shape index (κ1) is 11.5. The third-order valence-electron chi connectivity index (χ3n) is 3.90. The molecule has 1 heterocycles. The first-order chi connectivity index (χ1) is 8.38. The zero-order valence-electron chi connectivity index (χ0n) is 9.94. The number of fused-ring (bicyclic) bond motifs is 1. The number of morpholine rings is 1. The Hall–Kier alpha value is -0.540. The summed E-state index contributed by atoms with van der Waals surface area (Å²) >= 11 is 3.49. The molecule has 1 saturated carbocycles. The number of rotatable bonds is 2. The second-order valence-corrected chi connectivity index (χ2v) is 5.46. The van der Waals surface area contributed by atoms with Crippen molar-refractivity contribution in [2.75, 3.05) is 18.1 Å². The summed E-state index contributed by atoms with van der Waals surface area (Å²) in [6, 6.07) is 9.53. The minimum absolute atomic E-state index is 0.472. The largest absolute Gasteiger partial charge is 0.374 e. The summed E-state index contributed by atoms with van der Waals surface area (Å²) in [4.78, 5) is 2.54. The van der Waals surface area contributed by atoms with Crippen molar-refractivity contribution in [3.8, 4) is 0 Å². The Morgan fingerprint density at radius 1 is 1.24 bits per heavy atom. The lowest BCUT2D eigenvalue weighted by molar-refractivity contribution is 0.0256. The molecule has 3 heteroatoms. The Kier molecular flexibility index (Phi) is 3.39. The molecule has 1 aromatic carbocycles. The number of alkyl halides is 1. The van der Waals surface area contributed by atoms with Crippen LogP contribution in [0.15, 0.2) is 24.3 Å². The van der Waals surface area contributed by atoms with E-state index in [0.29, 0.717) is 12.1 Å². The molecule has 2 fully saturated rings. The quantitative estimate of drug-likeness (QED) is 0.776. The summed E-state index contributed by atoms with van der Waals surface area (Å²) in [5.41, 5.74) is 2.69. The van der Waals surface area contributed by atoms with E-state index in [1.807, 2.05) is 0 Å². The van der Waals surface area contributed by atoms with Gasteiger partial charge in [0.05, 0.1) is 18.8 Å². The first-order valence-electron chi connectivity index (χ1n) is 6.41. The van der Waals surface area contributed by atoms with Gasteiger partial charge in [-0.1, -0.05) is 28.1 Å². The van der Waals surface area contributed by atoms with Crippen LogP contribution in [0.2, 0.25) is 0 Å². The highest BCUT2D eigenvalue weighted by Crippen LogP contribution is 2.33. The Labute approximate surface area is 111 Å². The summed E-state index contributed by atoms with van der Waals surface area (Å²) in [6.45, 7) is 1.91. The smallest absolute Gasteiger partial charge is 0.0779 e. The number of hydrogen-bond donors (Lipinski definition) is 0. The van der Waals surface area contributed by atoms with Crippen molar-refractivity contribution in [2.45, 2.75) is 36.7 Å². The molecule has 1 aromatic rings. The molecule has 0 aromatic heterocycles. The van der Waals surface area contributed by atoms with Crippen LogP contribution in [-0.2, 0) is 10.1 Å². The van der Waals surface area contributed by atoms with E-state index in [1.54, 1.807) is 0 Å². The number of halogens is 1. The van der Waals surface area contributed by atoms with Crippen LogP contribution < -0.4 is 4.90 Å². The molecule has 1 aliphatic heterocycles. The van der Waals surface area contributed by atoms with E-state index in [0.717, 1.165) is 18.5 Å². The van der Waals surface area contributed by atoms with Gasteiger partial charge in [0, 0.05) is 17.6 Å². The molecule has 0 spiro atoms. The van der Waals surface area contributed by atoms with Gasteiger partial charge in [0.15, 0.2) is 0 Å². The van der Waals surface area contributed by atoms with Crippen LogP contribution in [0.3, 0.4) is 0 Å². The van der Waals surface area contributed by atoms with Crippen LogP contribution in [0.25, 0.3) is 0 Å². The molecule has 17 heavy (non-hydrogen) atoms. The average Bonchev–Trinajstić information content (AvgIpc) is 2.87. The van der Waals surface area contributed by atoms with Gasteiger partial charge < -0.3 is 9.64 Å². The molecule has 2 atom stereocenters. The van der Waals surface area contributed by atoms with E-state index in [9.17, 15) is 0 Å². The van der Waals surface area contributed by atoms with Crippen molar-refractivity contribution >= 4 is 21.6 Å². The van der Waals surface area contributed by atoms with Gasteiger partial charge in [0.1, 0.15) is 0 Å². The highest BCUT2D eigenvalue weighted by atomic mass is 79.9. The fourth-order valence-electron chi connectivity index (χ4n) is 3.02. The van der Waals surface area contributed by atoms with Crippen LogP contribution in [0.4, 0.5) is 5.69 Å². The molecular formula is C14H18BrNO. The minimum Gasteiger partial charge on any atom is -0.374 e. The predicted molar refractivity (Wildman–Crippen MR) is 73.8 cm³/mol. The lowest BCUT2D eigenvalue weighted by Gasteiger charge is -2.39. The van der Waals surface area contributed by atoms with Gasteiger partial charge in [-0.25, -0.2) is 0 Å². The fourth-order valence-corrected chi connectivity index (χ4v) is 3.40. The van der Waals surface area contributed by atoms with Gasteiger partial charge >= 0.3 is 0 Å². The first-order valence-corrected chi connectivity index (χ1v) is 7.54. The standard InChI is InChI=1S/C14H18BrNO/c15-10-11-4-6-12(7-5-11)16-8-9-17-14-3-1-2-13(14)16/h4-7,13-14H,1-3,8-10H2. The molecule has 2 aliphatic rings. The fraction of sp³-hybridized carbons (Fsp3) is 0.571. The van der Waals surface area contributed by atoms with Crippen LogP contribution in [-0.4, -0.2) is 25.3 Å². The molecule has 0 N–H and O–H groups in total. The summed E-state index contributed by atoms with van der Waals surface area (Å²) in [6.07, 6.45) is 4.30. The molecule has 92 valence electrons. The van der Waals surface area contributed by atoms with E-state index >= 15 is 0 Å². The lowest BCUT2D eigenvalue weighted by atomic mass is 10.1. The Morgan fingerprint density at radius 2 is 2.06 bits per heavy atom. The molecule has 0 amide bonds. The SMILES string of the molecule is BrCc1ccc(N2CCOC3CCCC32)cc1. The monoisotopic (exact) mass is 295 g/mol. The van der Waals surface area contributed by atoms with Crippen molar-refractivity contribution in [2.24, 2.45) is 0 Å². The van der Waals surface area contributed by atoms with Crippen molar-refractivity contribution in [3.63, 3.8) is 0 Å². The van der Waals surface area contributed by atoms with E-state index in [4.69, 9.17) is 4.74 Å². The number of anilines is 1. The van der Waals surface area contributed by atoms with E-state index in [2.05, 4.69) is 45.1 Å². The molecule has 0 radical (unpaired) electrons. The average molecular weight is 296 g/mol. The Morgan fingerprint density at radius 3 is 2.82 bits per heavy atom. The Balaban J connectivity index is 1.81. The topological polar surface area (TPSA) is 12.5 Å². The number of hydrogen-bond acceptors (Lipinski definition) is 2. The second kappa shape index (κ2) is 4.99. The molecule has 3 rings (SSSR count). The zero-order chi connectivity index (χ0) is 11.7. The summed E-state index contributed by atoms with van der Waals surface area (Å²) in [5.74, 6) is 0. The maximum absolute atomic E-state index is 5.85. The van der Waals surface area contributed by atoms with Gasteiger partial charge in [0.2, 0.25) is 0 Å². The maximum atomic E-state index is 5.85. The lowest BCUT2D eigenvalue weighted by Crippen LogP contribution is -2.48. The number of ether oxygens (including phenoxy) is 1. The predicted octanol–water partition coefficient (Wildman–Crippen LogP) is 3.34. The van der Waals surface area contributed by atoms with Crippen molar-refractivity contribution in [1.29, 1.82) is 0 Å². The highest BCUT2D eigenvalue weighted by Gasteiger charge is 2.35. The van der Waals surface area contributed by atoms with Crippen molar-refractivity contribution < 1.29 is 4.74 Å². The summed E-state index contributed by atoms with van der Waals surface area (Å²) in [7, 11) is 0. The van der Waals surface area contributed by atoms with E-state index in [1.165, 1.54) is 30.5 Å². The maximum Gasteiger partial charge on any atom is 0.0779 e. The van der Waals surface area contributed by atoms with Crippen molar-refractivity contribution in [1.82, 2.24) is 0 Å². The van der Waals surface area contributed by atoms with Crippen LogP contribution >= 0.6 is 15.9 Å². The third-order valence-corrected chi connectivity index (χ3v) is 4.55. The van der Waals surface area contributed by atoms with Crippen LogP contribution in [0.1, 0.15) is 24.8 Å². The third kappa shape index (κ3) is 2.23. The molecule has 2 unspecified atom stereocenters. The van der Waals surface area contributed by atoms with Gasteiger partial charge in [-0.2, -0.15) is 0 Å². The number of nitrogens with zero attached hydrogens (tertiary/aromatic N) is 1. The van der Waals surface area contributed by atoms with Gasteiger partial charge in [-0.05, 0) is 37.0 Å². The second-order valence-electron chi connectivity index (χ2n) is 4.90. The van der Waals surface area contributed by atoms with E-state index < -0.39 is 0 Å². The zero-order valence-corrected chi connectivity index (χ0v) is 11.5. The molecule has 1 saturated heterocycles. The molecular weight excluding hydrogens is 278 g/mol. The van der Waals surface area contributed by atoms with Crippen LogP contribution in [0, 0.1) is 0 Å². The minimum atomic E-state index is 0.472. The van der Waals surface area contributed by atoms with E-state index in [-0.39, 0.29) is 0 Å². The van der Waals surface area contributed by atoms with Gasteiger partial charge in [-0.3, -0.25) is 0 Å². The number of benzene rings is 1. The molecule has 1 aliphatic carbocycles. The van der Waals surface area contributed by atoms with Gasteiger partial charge in [0.25, 0.3) is 0 Å². The van der Waals surface area contributed by atoms with Gasteiger partial charge in [-0.15, -0.1) is 0 Å². The van der Waals surface area contributed by atoms with Crippen LogP contribution in [0.5, 0.6) is 0 Å². The molecule has 0 bridgehead atoms.